The number of hydrogen-bond donors (Lipinski definition) is 0. The molecule has 1 amide bonds. The smallest absolute Gasteiger partial charge is 0.259 e. The molecule has 1 aliphatic rings. The average molecular weight is 457 g/mol. The zero-order chi connectivity index (χ0) is 22.0. The van der Waals surface area contributed by atoms with Crippen LogP contribution in [0.15, 0.2) is 52.1 Å². The van der Waals surface area contributed by atoms with Crippen LogP contribution in [0.1, 0.15) is 16.1 Å². The standard InChI is InChI=1S/C21H18Cl2N6O2/c1-13-19(20(26-31-13)15-4-2-3-5-16(15)22)21(30)29-10-8-28(9-11-29)18-7-6-14(25-27-24)12-17(18)23/h2-7,12H,8-11H2,1H3. The van der Waals surface area contributed by atoms with E-state index >= 15 is 0 Å². The van der Waals surface area contributed by atoms with Crippen LogP contribution in [0.25, 0.3) is 21.7 Å². The monoisotopic (exact) mass is 456 g/mol. The molecule has 0 saturated carbocycles. The Balaban J connectivity index is 1.52. The van der Waals surface area contributed by atoms with Gasteiger partial charge in [-0.2, -0.15) is 0 Å². The van der Waals surface area contributed by atoms with Crippen LogP contribution in [0.3, 0.4) is 0 Å². The number of carbonyl (C=O) groups excluding carboxylic acids is 1. The number of aromatic nitrogens is 1. The number of amides is 1. The maximum atomic E-state index is 13.3. The Morgan fingerprint density at radius 1 is 1.13 bits per heavy atom. The van der Waals surface area contributed by atoms with E-state index in [9.17, 15) is 4.79 Å². The average Bonchev–Trinajstić information content (AvgIpc) is 3.15. The van der Waals surface area contributed by atoms with Crippen LogP contribution in [-0.2, 0) is 0 Å². The number of azide groups is 1. The third-order valence-corrected chi connectivity index (χ3v) is 5.84. The van der Waals surface area contributed by atoms with Crippen molar-refractivity contribution < 1.29 is 9.32 Å². The molecule has 0 radical (unpaired) electrons. The molecule has 1 aromatic heterocycles. The van der Waals surface area contributed by atoms with E-state index in [1.165, 1.54) is 0 Å². The van der Waals surface area contributed by atoms with Crippen molar-refractivity contribution in [2.45, 2.75) is 6.92 Å². The predicted octanol–water partition coefficient (Wildman–Crippen LogP) is 5.86. The molecule has 0 spiro atoms. The molecule has 0 N–H and O–H groups in total. The van der Waals surface area contributed by atoms with Crippen LogP contribution in [0.5, 0.6) is 0 Å². The highest BCUT2D eigenvalue weighted by Gasteiger charge is 2.29. The van der Waals surface area contributed by atoms with Crippen LogP contribution in [-0.4, -0.2) is 42.1 Å². The number of anilines is 1. The third-order valence-electron chi connectivity index (χ3n) is 5.20. The SMILES string of the molecule is Cc1onc(-c2ccccc2Cl)c1C(=O)N1CCN(c2ccc(N=[N+]=[N-])cc2Cl)CC1. The summed E-state index contributed by atoms with van der Waals surface area (Å²) >= 11 is 12.7. The molecular formula is C21H18Cl2N6O2. The summed E-state index contributed by atoms with van der Waals surface area (Å²) < 4.78 is 5.34. The normalized spacial score (nSPS) is 13.8. The molecule has 1 aliphatic heterocycles. The molecule has 1 saturated heterocycles. The van der Waals surface area contributed by atoms with Crippen molar-refractivity contribution in [2.75, 3.05) is 31.1 Å². The molecule has 31 heavy (non-hydrogen) atoms. The van der Waals surface area contributed by atoms with Gasteiger partial charge in [0.05, 0.1) is 15.7 Å². The molecule has 4 rings (SSSR count). The largest absolute Gasteiger partial charge is 0.367 e. The Morgan fingerprint density at radius 2 is 1.87 bits per heavy atom. The van der Waals surface area contributed by atoms with Crippen molar-refractivity contribution in [1.29, 1.82) is 0 Å². The molecule has 10 heteroatoms. The highest BCUT2D eigenvalue weighted by atomic mass is 35.5. The molecule has 0 bridgehead atoms. The van der Waals surface area contributed by atoms with Gasteiger partial charge in [0, 0.05) is 42.3 Å². The van der Waals surface area contributed by atoms with E-state index in [4.69, 9.17) is 33.3 Å². The maximum Gasteiger partial charge on any atom is 0.259 e. The second kappa shape index (κ2) is 8.89. The molecule has 3 aromatic rings. The van der Waals surface area contributed by atoms with Gasteiger partial charge >= 0.3 is 0 Å². The molecule has 1 fully saturated rings. The Kier molecular flexibility index (Phi) is 6.04. The van der Waals surface area contributed by atoms with Gasteiger partial charge in [0.2, 0.25) is 0 Å². The fourth-order valence-corrected chi connectivity index (χ4v) is 4.16. The number of aryl methyl sites for hydroxylation is 1. The summed E-state index contributed by atoms with van der Waals surface area (Å²) in [6.45, 7) is 3.97. The Morgan fingerprint density at radius 3 is 2.55 bits per heavy atom. The molecule has 0 aliphatic carbocycles. The molecular weight excluding hydrogens is 439 g/mol. The number of piperazine rings is 1. The van der Waals surface area contributed by atoms with Gasteiger partial charge in [-0.15, -0.1) is 0 Å². The van der Waals surface area contributed by atoms with Crippen LogP contribution >= 0.6 is 23.2 Å². The first kappa shape index (κ1) is 21.1. The van der Waals surface area contributed by atoms with Crippen molar-refractivity contribution in [1.82, 2.24) is 10.1 Å². The lowest BCUT2D eigenvalue weighted by atomic mass is 10.0. The first-order valence-corrected chi connectivity index (χ1v) is 10.3. The summed E-state index contributed by atoms with van der Waals surface area (Å²) in [5.74, 6) is 0.317. The lowest BCUT2D eigenvalue weighted by Crippen LogP contribution is -2.49. The van der Waals surface area contributed by atoms with E-state index < -0.39 is 0 Å². The Hall–Kier alpha value is -3.19. The van der Waals surface area contributed by atoms with E-state index in [0.717, 1.165) is 5.69 Å². The number of carbonyl (C=O) groups is 1. The number of halogens is 2. The minimum absolute atomic E-state index is 0.141. The van der Waals surface area contributed by atoms with Gasteiger partial charge in [-0.1, -0.05) is 57.7 Å². The third kappa shape index (κ3) is 4.18. The van der Waals surface area contributed by atoms with E-state index in [2.05, 4.69) is 20.1 Å². The number of hydrogen-bond acceptors (Lipinski definition) is 5. The van der Waals surface area contributed by atoms with E-state index in [-0.39, 0.29) is 5.91 Å². The topological polar surface area (TPSA) is 98.3 Å². The highest BCUT2D eigenvalue weighted by Crippen LogP contribution is 2.33. The summed E-state index contributed by atoms with van der Waals surface area (Å²) in [6.07, 6.45) is 0. The van der Waals surface area contributed by atoms with Gasteiger partial charge in [0.25, 0.3) is 5.91 Å². The van der Waals surface area contributed by atoms with Crippen molar-refractivity contribution >= 4 is 40.5 Å². The van der Waals surface area contributed by atoms with Gasteiger partial charge in [0.15, 0.2) is 0 Å². The minimum atomic E-state index is -0.141. The number of nitrogens with zero attached hydrogens (tertiary/aromatic N) is 6. The quantitative estimate of drug-likeness (QED) is 0.278. The van der Waals surface area contributed by atoms with Crippen molar-refractivity contribution in [3.63, 3.8) is 0 Å². The maximum absolute atomic E-state index is 13.3. The first-order chi connectivity index (χ1) is 15.0. The van der Waals surface area contributed by atoms with Gasteiger partial charge in [-0.25, -0.2) is 0 Å². The minimum Gasteiger partial charge on any atom is -0.367 e. The Bertz CT molecular complexity index is 1180. The number of benzene rings is 2. The summed E-state index contributed by atoms with van der Waals surface area (Å²) in [4.78, 5) is 20.0. The molecule has 8 nitrogen and oxygen atoms in total. The number of rotatable bonds is 4. The fourth-order valence-electron chi connectivity index (χ4n) is 3.64. The second-order valence-corrected chi connectivity index (χ2v) is 7.86. The first-order valence-electron chi connectivity index (χ1n) is 9.59. The van der Waals surface area contributed by atoms with Gasteiger partial charge < -0.3 is 14.3 Å². The lowest BCUT2D eigenvalue weighted by molar-refractivity contribution is 0.0745. The van der Waals surface area contributed by atoms with Crippen molar-refractivity contribution in [3.8, 4) is 11.3 Å². The zero-order valence-corrected chi connectivity index (χ0v) is 18.1. The predicted molar refractivity (Wildman–Crippen MR) is 120 cm³/mol. The van der Waals surface area contributed by atoms with Gasteiger partial charge in [-0.3, -0.25) is 4.79 Å². The van der Waals surface area contributed by atoms with Crippen LogP contribution in [0, 0.1) is 6.92 Å². The molecule has 0 atom stereocenters. The Labute approximate surface area is 188 Å². The van der Waals surface area contributed by atoms with Crippen LogP contribution in [0.2, 0.25) is 10.0 Å². The van der Waals surface area contributed by atoms with Crippen LogP contribution < -0.4 is 4.90 Å². The van der Waals surface area contributed by atoms with Gasteiger partial charge in [-0.05, 0) is 30.7 Å². The molecule has 2 heterocycles. The molecule has 0 unspecified atom stereocenters. The zero-order valence-electron chi connectivity index (χ0n) is 16.6. The van der Waals surface area contributed by atoms with E-state index in [1.54, 1.807) is 30.0 Å². The van der Waals surface area contributed by atoms with Gasteiger partial charge in [0.1, 0.15) is 17.0 Å². The molecule has 2 aromatic carbocycles. The van der Waals surface area contributed by atoms with Crippen molar-refractivity contribution in [2.24, 2.45) is 5.11 Å². The lowest BCUT2D eigenvalue weighted by Gasteiger charge is -2.36. The second-order valence-electron chi connectivity index (χ2n) is 7.05. The highest BCUT2D eigenvalue weighted by molar-refractivity contribution is 6.34. The van der Waals surface area contributed by atoms with E-state index in [1.807, 2.05) is 24.3 Å². The molecule has 158 valence electrons. The summed E-state index contributed by atoms with van der Waals surface area (Å²) in [7, 11) is 0. The summed E-state index contributed by atoms with van der Waals surface area (Å²) in [6, 6.07) is 12.4. The summed E-state index contributed by atoms with van der Waals surface area (Å²) in [5.41, 5.74) is 11.4. The summed E-state index contributed by atoms with van der Waals surface area (Å²) in [5, 5.41) is 8.66. The fraction of sp³-hybridized carbons (Fsp3) is 0.238. The van der Waals surface area contributed by atoms with Crippen LogP contribution in [0.4, 0.5) is 11.4 Å². The van der Waals surface area contributed by atoms with E-state index in [0.29, 0.717) is 64.5 Å². The van der Waals surface area contributed by atoms with Crippen molar-refractivity contribution in [3.05, 3.63) is 74.3 Å².